The van der Waals surface area contributed by atoms with Crippen LogP contribution in [0.25, 0.3) is 0 Å². The second-order valence-corrected chi connectivity index (χ2v) is 3.75. The molecule has 6 nitrogen and oxygen atoms in total. The van der Waals surface area contributed by atoms with Crippen molar-refractivity contribution >= 4 is 21.8 Å². The summed E-state index contributed by atoms with van der Waals surface area (Å²) in [5.41, 5.74) is 0. The highest BCUT2D eigenvalue weighted by Crippen LogP contribution is 1.99. The molecule has 1 unspecified atom stereocenters. The molecule has 1 atom stereocenters. The lowest BCUT2D eigenvalue weighted by Crippen LogP contribution is -2.41. The second kappa shape index (κ2) is 3.63. The molecule has 2 N–H and O–H groups in total. The van der Waals surface area contributed by atoms with Gasteiger partial charge in [-0.3, -0.25) is 9.59 Å². The SMILES string of the molecule is COC(=O)C(C(C)=O)S(N)(=O)=O. The maximum atomic E-state index is 10.7. The predicted molar refractivity (Wildman–Crippen MR) is 39.6 cm³/mol. The van der Waals surface area contributed by atoms with Crippen LogP contribution < -0.4 is 5.14 Å². The van der Waals surface area contributed by atoms with E-state index in [1.807, 2.05) is 0 Å². The Morgan fingerprint density at radius 2 is 1.83 bits per heavy atom. The first kappa shape index (κ1) is 11.1. The Bertz CT molecular complexity index is 293. The Labute approximate surface area is 69.7 Å². The topological polar surface area (TPSA) is 104 Å². The molecule has 0 saturated heterocycles. The molecule has 0 fully saturated rings. The van der Waals surface area contributed by atoms with Gasteiger partial charge in [-0.05, 0) is 6.92 Å². The molecule has 70 valence electrons. The number of sulfonamides is 1. The van der Waals surface area contributed by atoms with Crippen LogP contribution in [0, 0.1) is 0 Å². The summed E-state index contributed by atoms with van der Waals surface area (Å²) in [5.74, 6) is -2.02. The van der Waals surface area contributed by atoms with Crippen LogP contribution in [0.15, 0.2) is 0 Å². The molecule has 12 heavy (non-hydrogen) atoms. The summed E-state index contributed by atoms with van der Waals surface area (Å²) in [5, 5.41) is 2.71. The molecule has 0 aromatic carbocycles. The molecule has 0 radical (unpaired) electrons. The fourth-order valence-electron chi connectivity index (χ4n) is 0.638. The van der Waals surface area contributed by atoms with Crippen molar-refractivity contribution in [3.05, 3.63) is 0 Å². The van der Waals surface area contributed by atoms with Crippen LogP contribution in [0.4, 0.5) is 0 Å². The highest BCUT2D eigenvalue weighted by molar-refractivity contribution is 7.91. The molecule has 0 aromatic heterocycles. The van der Waals surface area contributed by atoms with E-state index in [0.717, 1.165) is 14.0 Å². The molecule has 0 bridgehead atoms. The smallest absolute Gasteiger partial charge is 0.333 e. The van der Waals surface area contributed by atoms with Crippen molar-refractivity contribution in [1.82, 2.24) is 0 Å². The van der Waals surface area contributed by atoms with E-state index in [1.54, 1.807) is 0 Å². The third-order valence-electron chi connectivity index (χ3n) is 1.11. The number of esters is 1. The van der Waals surface area contributed by atoms with E-state index < -0.39 is 27.0 Å². The number of nitrogens with two attached hydrogens (primary N) is 1. The minimum Gasteiger partial charge on any atom is -0.468 e. The van der Waals surface area contributed by atoms with Gasteiger partial charge in [-0.25, -0.2) is 13.6 Å². The van der Waals surface area contributed by atoms with Crippen LogP contribution in [0.5, 0.6) is 0 Å². The molecule has 0 aromatic rings. The molecule has 0 rings (SSSR count). The maximum Gasteiger partial charge on any atom is 0.333 e. The number of hydrogen-bond acceptors (Lipinski definition) is 5. The lowest BCUT2D eigenvalue weighted by molar-refractivity contribution is -0.142. The zero-order valence-electron chi connectivity index (χ0n) is 6.60. The van der Waals surface area contributed by atoms with Crippen LogP contribution in [-0.2, 0) is 24.3 Å². The van der Waals surface area contributed by atoms with Crippen LogP contribution in [0.1, 0.15) is 6.92 Å². The van der Waals surface area contributed by atoms with Crippen LogP contribution in [-0.4, -0.2) is 32.5 Å². The van der Waals surface area contributed by atoms with Crippen molar-refractivity contribution in [2.45, 2.75) is 12.2 Å². The molecule has 0 spiro atoms. The normalized spacial score (nSPS) is 13.6. The minimum atomic E-state index is -4.20. The van der Waals surface area contributed by atoms with Crippen molar-refractivity contribution in [1.29, 1.82) is 0 Å². The summed E-state index contributed by atoms with van der Waals surface area (Å²) in [6.45, 7) is 0.950. The lowest BCUT2D eigenvalue weighted by Gasteiger charge is -2.07. The molecular weight excluding hydrogens is 186 g/mol. The predicted octanol–water partition coefficient (Wildman–Crippen LogP) is -1.59. The number of carbonyl (C=O) groups excluding carboxylic acids is 2. The Hall–Kier alpha value is -0.950. The highest BCUT2D eigenvalue weighted by Gasteiger charge is 2.35. The lowest BCUT2D eigenvalue weighted by atomic mass is 10.3. The maximum absolute atomic E-state index is 10.7. The summed E-state index contributed by atoms with van der Waals surface area (Å²) >= 11 is 0. The van der Waals surface area contributed by atoms with Crippen LogP contribution in [0.3, 0.4) is 0 Å². The number of ketones is 1. The first-order valence-corrected chi connectivity index (χ1v) is 4.51. The summed E-state index contributed by atoms with van der Waals surface area (Å²) < 4.78 is 25.3. The second-order valence-electron chi connectivity index (χ2n) is 2.10. The molecule has 0 saturated carbocycles. The number of Topliss-reactive ketones (excluding diaryl/α,β-unsaturated/α-hetero) is 1. The zero-order valence-corrected chi connectivity index (χ0v) is 7.42. The largest absolute Gasteiger partial charge is 0.468 e. The number of carbonyl (C=O) groups is 2. The number of primary sulfonamides is 1. The van der Waals surface area contributed by atoms with Gasteiger partial charge in [0.05, 0.1) is 7.11 Å². The van der Waals surface area contributed by atoms with Crippen molar-refractivity contribution in [2.24, 2.45) is 5.14 Å². The zero-order chi connectivity index (χ0) is 9.94. The third kappa shape index (κ3) is 2.59. The first-order valence-electron chi connectivity index (χ1n) is 2.90. The Balaban J connectivity index is 4.95. The van der Waals surface area contributed by atoms with E-state index in [-0.39, 0.29) is 0 Å². The van der Waals surface area contributed by atoms with Gasteiger partial charge in [0, 0.05) is 0 Å². The molecular formula is C5H9NO5S. The molecule has 0 aliphatic rings. The Kier molecular flexibility index (Phi) is 3.35. The fourth-order valence-corrected chi connectivity index (χ4v) is 1.47. The van der Waals surface area contributed by atoms with E-state index in [0.29, 0.717) is 0 Å². The summed E-state index contributed by atoms with van der Waals surface area (Å²) in [6, 6.07) is 0. The third-order valence-corrected chi connectivity index (χ3v) is 2.29. The van der Waals surface area contributed by atoms with Crippen LogP contribution >= 0.6 is 0 Å². The monoisotopic (exact) mass is 195 g/mol. The van der Waals surface area contributed by atoms with Gasteiger partial charge >= 0.3 is 5.97 Å². The standard InChI is InChI=1S/C5H9NO5S/c1-3(7)4(5(8)11-2)12(6,9)10/h4H,1-2H3,(H2,6,9,10). The van der Waals surface area contributed by atoms with Gasteiger partial charge in [0.15, 0.2) is 5.78 Å². The van der Waals surface area contributed by atoms with Gasteiger partial charge in [0.1, 0.15) is 0 Å². The number of ether oxygens (including phenoxy) is 1. The average molecular weight is 195 g/mol. The molecule has 7 heteroatoms. The number of rotatable bonds is 3. The summed E-state index contributed by atoms with van der Waals surface area (Å²) in [6.07, 6.45) is 0. The number of hydrogen-bond donors (Lipinski definition) is 1. The van der Waals surface area contributed by atoms with Gasteiger partial charge in [-0.1, -0.05) is 0 Å². The van der Waals surface area contributed by atoms with Crippen molar-refractivity contribution in [2.75, 3.05) is 7.11 Å². The summed E-state index contributed by atoms with van der Waals surface area (Å²) in [7, 11) is -3.22. The molecule has 0 heterocycles. The van der Waals surface area contributed by atoms with Gasteiger partial charge in [-0.15, -0.1) is 0 Å². The quantitative estimate of drug-likeness (QED) is 0.431. The van der Waals surface area contributed by atoms with Crippen molar-refractivity contribution in [3.63, 3.8) is 0 Å². The Morgan fingerprint density at radius 1 is 1.42 bits per heavy atom. The van der Waals surface area contributed by atoms with Crippen LogP contribution in [0.2, 0.25) is 0 Å². The molecule has 0 amide bonds. The minimum absolute atomic E-state index is 0.857. The van der Waals surface area contributed by atoms with Gasteiger partial charge in [0.2, 0.25) is 15.3 Å². The van der Waals surface area contributed by atoms with Crippen molar-refractivity contribution in [3.8, 4) is 0 Å². The average Bonchev–Trinajstić information content (AvgIpc) is 1.83. The van der Waals surface area contributed by atoms with E-state index in [4.69, 9.17) is 0 Å². The van der Waals surface area contributed by atoms with E-state index >= 15 is 0 Å². The fraction of sp³-hybridized carbons (Fsp3) is 0.600. The Morgan fingerprint density at radius 3 is 1.92 bits per heavy atom. The first-order chi connectivity index (χ1) is 5.30. The number of methoxy groups -OCH3 is 1. The van der Waals surface area contributed by atoms with E-state index in [2.05, 4.69) is 9.88 Å². The highest BCUT2D eigenvalue weighted by atomic mass is 32.2. The summed E-state index contributed by atoms with van der Waals surface area (Å²) in [4.78, 5) is 21.3. The van der Waals surface area contributed by atoms with Gasteiger partial charge in [-0.2, -0.15) is 0 Å². The van der Waals surface area contributed by atoms with E-state index in [1.165, 1.54) is 0 Å². The van der Waals surface area contributed by atoms with Gasteiger partial charge in [0.25, 0.3) is 0 Å². The molecule has 0 aliphatic carbocycles. The van der Waals surface area contributed by atoms with Crippen molar-refractivity contribution < 1.29 is 22.7 Å². The molecule has 0 aliphatic heterocycles. The van der Waals surface area contributed by atoms with E-state index in [9.17, 15) is 18.0 Å². The van der Waals surface area contributed by atoms with Gasteiger partial charge < -0.3 is 4.74 Å².